The number of nitrogens with zero attached hydrogens (tertiary/aromatic N) is 1. The van der Waals surface area contributed by atoms with Crippen LogP contribution in [0.15, 0.2) is 53.4 Å². The summed E-state index contributed by atoms with van der Waals surface area (Å²) in [6, 6.07) is 16.1. The van der Waals surface area contributed by atoms with Gasteiger partial charge in [-0.25, -0.2) is 0 Å². The summed E-state index contributed by atoms with van der Waals surface area (Å²) >= 11 is 1.55. The summed E-state index contributed by atoms with van der Waals surface area (Å²) in [5.41, 5.74) is 2.97. The van der Waals surface area contributed by atoms with Gasteiger partial charge >= 0.3 is 0 Å². The van der Waals surface area contributed by atoms with E-state index >= 15 is 0 Å². The molecule has 2 amide bonds. The van der Waals surface area contributed by atoms with Gasteiger partial charge in [-0.15, -0.1) is 11.8 Å². The number of carbonyl (C=O) groups is 2. The van der Waals surface area contributed by atoms with Crippen LogP contribution in [0.1, 0.15) is 74.1 Å². The Morgan fingerprint density at radius 3 is 2.32 bits per heavy atom. The molecular formula is C28H34N2O3S. The monoisotopic (exact) mass is 478 g/mol. The molecule has 1 aliphatic heterocycles. The second-order valence-corrected chi connectivity index (χ2v) is 11.5. The fourth-order valence-electron chi connectivity index (χ4n) is 5.48. The van der Waals surface area contributed by atoms with Crippen molar-refractivity contribution < 1.29 is 14.7 Å². The first-order valence-electron chi connectivity index (χ1n) is 12.6. The maximum Gasteiger partial charge on any atom is 0.239 e. The number of aliphatic hydroxyl groups is 1. The average Bonchev–Trinajstić information content (AvgIpc) is 3.62. The molecule has 2 aliphatic carbocycles. The standard InChI is InChI=1S/C28H34N2O3S/c1-19-7-15-24(16-8-19)34-28(27(33)29-22-13-14-22)17-25(32)30(23-5-3-2-4-6-23)26(28)21-11-9-20(18-31)10-12-21/h7-12,15-16,22-23,26,31H,2-6,13-14,17-18H2,1H3,(H,29,33)/t26-,28-/m1/s1. The molecular weight excluding hydrogens is 444 g/mol. The summed E-state index contributed by atoms with van der Waals surface area (Å²) in [5, 5.41) is 12.8. The van der Waals surface area contributed by atoms with Crippen molar-refractivity contribution in [1.29, 1.82) is 0 Å². The van der Waals surface area contributed by atoms with Crippen molar-refractivity contribution in [2.75, 3.05) is 0 Å². The minimum absolute atomic E-state index is 0.0246. The van der Waals surface area contributed by atoms with E-state index in [1.165, 1.54) is 12.0 Å². The van der Waals surface area contributed by atoms with Crippen LogP contribution in [0.25, 0.3) is 0 Å². The molecule has 0 aromatic heterocycles. The number of benzene rings is 2. The minimum Gasteiger partial charge on any atom is -0.392 e. The van der Waals surface area contributed by atoms with Crippen molar-refractivity contribution in [3.05, 3.63) is 65.2 Å². The Labute approximate surface area is 206 Å². The third-order valence-corrected chi connectivity index (χ3v) is 8.91. The van der Waals surface area contributed by atoms with Gasteiger partial charge in [0.25, 0.3) is 0 Å². The maximum absolute atomic E-state index is 14.0. The van der Waals surface area contributed by atoms with E-state index in [-0.39, 0.29) is 43.0 Å². The van der Waals surface area contributed by atoms with E-state index < -0.39 is 4.75 Å². The largest absolute Gasteiger partial charge is 0.392 e. The zero-order chi connectivity index (χ0) is 23.7. The van der Waals surface area contributed by atoms with E-state index in [2.05, 4.69) is 41.4 Å². The van der Waals surface area contributed by atoms with E-state index in [0.29, 0.717) is 0 Å². The predicted molar refractivity (Wildman–Crippen MR) is 134 cm³/mol. The molecule has 34 heavy (non-hydrogen) atoms. The lowest BCUT2D eigenvalue weighted by Gasteiger charge is -2.41. The van der Waals surface area contributed by atoms with Gasteiger partial charge in [0.05, 0.1) is 19.1 Å². The normalized spacial score (nSPS) is 25.5. The molecule has 0 unspecified atom stereocenters. The molecule has 3 fully saturated rings. The van der Waals surface area contributed by atoms with Crippen LogP contribution in [0, 0.1) is 6.92 Å². The van der Waals surface area contributed by atoms with Crippen molar-refractivity contribution in [2.24, 2.45) is 0 Å². The lowest BCUT2D eigenvalue weighted by Crippen LogP contribution is -2.50. The number of hydrogen-bond acceptors (Lipinski definition) is 4. The van der Waals surface area contributed by atoms with Crippen molar-refractivity contribution in [1.82, 2.24) is 10.2 Å². The summed E-state index contributed by atoms with van der Waals surface area (Å²) < 4.78 is -0.937. The number of aliphatic hydroxyl groups excluding tert-OH is 1. The van der Waals surface area contributed by atoms with E-state index in [9.17, 15) is 14.7 Å². The SMILES string of the molecule is Cc1ccc(S[C@]2(C(=O)NC3CC3)CC(=O)N(C3CCCCC3)[C@@H]2c2ccc(CO)cc2)cc1. The topological polar surface area (TPSA) is 69.6 Å². The number of aryl methyl sites for hydroxylation is 1. The van der Waals surface area contributed by atoms with E-state index in [1.54, 1.807) is 11.8 Å². The van der Waals surface area contributed by atoms with Crippen LogP contribution in [0.2, 0.25) is 0 Å². The van der Waals surface area contributed by atoms with Crippen LogP contribution in [0.5, 0.6) is 0 Å². The number of thioether (sulfide) groups is 1. The Bertz CT molecular complexity index is 1030. The third kappa shape index (κ3) is 4.63. The Morgan fingerprint density at radius 2 is 1.71 bits per heavy atom. The highest BCUT2D eigenvalue weighted by molar-refractivity contribution is 8.01. The Morgan fingerprint density at radius 1 is 1.03 bits per heavy atom. The first kappa shape index (κ1) is 23.4. The fraction of sp³-hybridized carbons (Fsp3) is 0.500. The molecule has 0 radical (unpaired) electrons. The molecule has 180 valence electrons. The number of rotatable bonds is 7. The number of amides is 2. The second-order valence-electron chi connectivity index (χ2n) is 10.1. The molecule has 0 spiro atoms. The van der Waals surface area contributed by atoms with E-state index in [1.807, 2.05) is 24.3 Å². The van der Waals surface area contributed by atoms with Gasteiger partial charge in [0.2, 0.25) is 11.8 Å². The Balaban J connectivity index is 1.61. The summed E-state index contributed by atoms with van der Waals surface area (Å²) in [5.74, 6) is 0.0529. The summed E-state index contributed by atoms with van der Waals surface area (Å²) in [7, 11) is 0. The van der Waals surface area contributed by atoms with Gasteiger partial charge in [-0.3, -0.25) is 9.59 Å². The van der Waals surface area contributed by atoms with E-state index in [0.717, 1.165) is 54.5 Å². The van der Waals surface area contributed by atoms with Gasteiger partial charge in [-0.1, -0.05) is 61.2 Å². The van der Waals surface area contributed by atoms with Crippen LogP contribution < -0.4 is 5.32 Å². The van der Waals surface area contributed by atoms with Crippen molar-refractivity contribution >= 4 is 23.6 Å². The molecule has 0 bridgehead atoms. The molecule has 2 N–H and O–H groups in total. The van der Waals surface area contributed by atoms with Gasteiger partial charge in [0, 0.05) is 17.0 Å². The highest BCUT2D eigenvalue weighted by Crippen LogP contribution is 2.54. The van der Waals surface area contributed by atoms with Gasteiger partial charge < -0.3 is 15.3 Å². The number of hydrogen-bond donors (Lipinski definition) is 2. The number of carbonyl (C=O) groups excluding carboxylic acids is 2. The van der Waals surface area contributed by atoms with Gasteiger partial charge in [0.1, 0.15) is 4.75 Å². The zero-order valence-corrected chi connectivity index (χ0v) is 20.7. The summed E-state index contributed by atoms with van der Waals surface area (Å²) in [6.45, 7) is 2.03. The van der Waals surface area contributed by atoms with Crippen LogP contribution in [-0.2, 0) is 16.2 Å². The molecule has 5 rings (SSSR count). The molecule has 3 aliphatic rings. The smallest absolute Gasteiger partial charge is 0.239 e. The van der Waals surface area contributed by atoms with Crippen molar-refractivity contribution in [3.63, 3.8) is 0 Å². The van der Waals surface area contributed by atoms with E-state index in [4.69, 9.17) is 0 Å². The predicted octanol–water partition coefficient (Wildman–Crippen LogP) is 4.90. The highest BCUT2D eigenvalue weighted by atomic mass is 32.2. The molecule has 6 heteroatoms. The third-order valence-electron chi connectivity index (χ3n) is 7.49. The molecule has 1 heterocycles. The molecule has 2 aromatic rings. The van der Waals surface area contributed by atoms with Crippen LogP contribution >= 0.6 is 11.8 Å². The Kier molecular flexibility index (Phi) is 6.72. The van der Waals surface area contributed by atoms with Crippen LogP contribution in [0.4, 0.5) is 0 Å². The van der Waals surface area contributed by atoms with Gasteiger partial charge in [0.15, 0.2) is 0 Å². The van der Waals surface area contributed by atoms with Gasteiger partial charge in [-0.2, -0.15) is 0 Å². The second kappa shape index (κ2) is 9.74. The van der Waals surface area contributed by atoms with Crippen LogP contribution in [-0.4, -0.2) is 38.7 Å². The minimum atomic E-state index is -0.937. The fourth-order valence-corrected chi connectivity index (χ4v) is 6.89. The molecule has 5 nitrogen and oxygen atoms in total. The average molecular weight is 479 g/mol. The molecule has 2 atom stereocenters. The molecule has 2 aromatic carbocycles. The summed E-state index contributed by atoms with van der Waals surface area (Å²) in [6.07, 6.45) is 7.65. The molecule has 2 saturated carbocycles. The lowest BCUT2D eigenvalue weighted by atomic mass is 9.88. The van der Waals surface area contributed by atoms with Crippen LogP contribution in [0.3, 0.4) is 0 Å². The number of likely N-dealkylation sites (tertiary alicyclic amines) is 1. The van der Waals surface area contributed by atoms with Gasteiger partial charge in [-0.05, 0) is 55.9 Å². The molecule has 1 saturated heterocycles. The quantitative estimate of drug-likeness (QED) is 0.594. The highest BCUT2D eigenvalue weighted by Gasteiger charge is 2.59. The van der Waals surface area contributed by atoms with Crippen molar-refractivity contribution in [3.8, 4) is 0 Å². The van der Waals surface area contributed by atoms with Crippen molar-refractivity contribution in [2.45, 2.75) is 92.7 Å². The maximum atomic E-state index is 14.0. The first-order valence-corrected chi connectivity index (χ1v) is 13.4. The Hall–Kier alpha value is -2.31. The lowest BCUT2D eigenvalue weighted by molar-refractivity contribution is -0.132. The zero-order valence-electron chi connectivity index (χ0n) is 19.8. The summed E-state index contributed by atoms with van der Waals surface area (Å²) in [4.78, 5) is 30.8. The number of nitrogens with one attached hydrogen (secondary N) is 1. The first-order chi connectivity index (χ1) is 16.5.